The van der Waals surface area contributed by atoms with Crippen molar-refractivity contribution < 1.29 is 4.79 Å². The van der Waals surface area contributed by atoms with Gasteiger partial charge in [-0.15, -0.1) is 0 Å². The predicted molar refractivity (Wildman–Crippen MR) is 53.0 cm³/mol. The summed E-state index contributed by atoms with van der Waals surface area (Å²) in [6.45, 7) is 9.66. The van der Waals surface area contributed by atoms with Gasteiger partial charge < -0.3 is 0 Å². The first-order chi connectivity index (χ1) is 5.56. The fourth-order valence-corrected chi connectivity index (χ4v) is 1.10. The topological polar surface area (TPSA) is 17.1 Å². The summed E-state index contributed by atoms with van der Waals surface area (Å²) in [6, 6.07) is 0. The van der Waals surface area contributed by atoms with Crippen LogP contribution in [0.2, 0.25) is 0 Å². The highest BCUT2D eigenvalue weighted by Gasteiger charge is 2.04. The van der Waals surface area contributed by atoms with Gasteiger partial charge in [0.1, 0.15) is 5.78 Å². The molecule has 1 heteroatoms. The van der Waals surface area contributed by atoms with Crippen molar-refractivity contribution in [3.05, 3.63) is 24.3 Å². The van der Waals surface area contributed by atoms with Crippen molar-refractivity contribution in [3.8, 4) is 0 Å². The molecular formula is C11H18O. The molecule has 0 aliphatic rings. The minimum atomic E-state index is 0.320. The van der Waals surface area contributed by atoms with E-state index in [-0.39, 0.29) is 0 Å². The van der Waals surface area contributed by atoms with Crippen molar-refractivity contribution in [2.24, 2.45) is 5.92 Å². The minimum absolute atomic E-state index is 0.320. The van der Waals surface area contributed by atoms with E-state index in [1.54, 1.807) is 6.08 Å². The van der Waals surface area contributed by atoms with Gasteiger partial charge in [-0.3, -0.25) is 4.79 Å². The molecule has 0 fully saturated rings. The lowest BCUT2D eigenvalue weighted by Gasteiger charge is -2.03. The molecule has 0 N–H and O–H groups in total. The van der Waals surface area contributed by atoms with Crippen molar-refractivity contribution in [3.63, 3.8) is 0 Å². The highest BCUT2D eigenvalue weighted by Crippen LogP contribution is 2.07. The maximum absolute atomic E-state index is 11.3. The van der Waals surface area contributed by atoms with Gasteiger partial charge in [-0.05, 0) is 12.8 Å². The summed E-state index contributed by atoms with van der Waals surface area (Å²) >= 11 is 0. The van der Waals surface area contributed by atoms with Crippen LogP contribution < -0.4 is 0 Å². The Morgan fingerprint density at radius 3 is 2.50 bits per heavy atom. The van der Waals surface area contributed by atoms with Crippen LogP contribution in [0, 0.1) is 5.92 Å². The molecular weight excluding hydrogens is 148 g/mol. The third-order valence-corrected chi connectivity index (χ3v) is 1.51. The molecule has 0 atom stereocenters. The monoisotopic (exact) mass is 166 g/mol. The van der Waals surface area contributed by atoms with E-state index in [0.29, 0.717) is 24.5 Å². The first-order valence-electron chi connectivity index (χ1n) is 4.36. The van der Waals surface area contributed by atoms with E-state index < -0.39 is 0 Å². The lowest BCUT2D eigenvalue weighted by molar-refractivity contribution is -0.119. The van der Waals surface area contributed by atoms with Crippen LogP contribution in [-0.2, 0) is 4.79 Å². The molecule has 0 saturated carbocycles. The number of rotatable bonds is 5. The molecule has 0 aliphatic heterocycles. The van der Waals surface area contributed by atoms with Gasteiger partial charge in [-0.25, -0.2) is 0 Å². The lowest BCUT2D eigenvalue weighted by Crippen LogP contribution is -2.02. The molecule has 0 heterocycles. The summed E-state index contributed by atoms with van der Waals surface area (Å²) in [4.78, 5) is 11.3. The zero-order chi connectivity index (χ0) is 9.56. The van der Waals surface area contributed by atoms with Crippen LogP contribution in [0.25, 0.3) is 0 Å². The average molecular weight is 166 g/mol. The van der Waals surface area contributed by atoms with Gasteiger partial charge in [-0.2, -0.15) is 0 Å². The average Bonchev–Trinajstić information content (AvgIpc) is 1.84. The molecule has 0 aromatic rings. The van der Waals surface area contributed by atoms with Crippen LogP contribution in [0.5, 0.6) is 0 Å². The van der Waals surface area contributed by atoms with Gasteiger partial charge in [0.05, 0.1) is 0 Å². The summed E-state index contributed by atoms with van der Waals surface area (Å²) in [6.07, 6.45) is 4.86. The molecule has 0 aromatic heterocycles. The van der Waals surface area contributed by atoms with Gasteiger partial charge in [0, 0.05) is 12.8 Å². The van der Waals surface area contributed by atoms with Crippen molar-refractivity contribution in [1.82, 2.24) is 0 Å². The largest absolute Gasteiger partial charge is 0.299 e. The smallest absolute Gasteiger partial charge is 0.137 e. The van der Waals surface area contributed by atoms with E-state index >= 15 is 0 Å². The summed E-state index contributed by atoms with van der Waals surface area (Å²) in [5, 5.41) is 0. The van der Waals surface area contributed by atoms with Gasteiger partial charge in [-0.1, -0.05) is 38.2 Å². The van der Waals surface area contributed by atoms with Gasteiger partial charge in [0.2, 0.25) is 0 Å². The van der Waals surface area contributed by atoms with Crippen molar-refractivity contribution >= 4 is 5.78 Å². The molecule has 0 spiro atoms. The maximum atomic E-state index is 11.3. The zero-order valence-corrected chi connectivity index (χ0v) is 8.26. The minimum Gasteiger partial charge on any atom is -0.299 e. The van der Waals surface area contributed by atoms with Crippen LogP contribution in [0.3, 0.4) is 0 Å². The predicted octanol–water partition coefficient (Wildman–Crippen LogP) is 3.12. The Balaban J connectivity index is 3.84. The SMILES string of the molecule is C=C/C=C(\C)CC(=O)CC(C)C. The Hall–Kier alpha value is -0.850. The quantitative estimate of drug-likeness (QED) is 0.573. The number of Topliss-reactive ketones (excluding diaryl/α,β-unsaturated/α-hetero) is 1. The number of allylic oxidation sites excluding steroid dienone is 3. The standard InChI is InChI=1S/C11H18O/c1-5-6-10(4)8-11(12)7-9(2)3/h5-6,9H,1,7-8H2,2-4H3/b10-6+. The number of carbonyl (C=O) groups excluding carboxylic acids is 1. The number of hydrogen-bond acceptors (Lipinski definition) is 1. The van der Waals surface area contributed by atoms with Gasteiger partial charge in [0.25, 0.3) is 0 Å². The van der Waals surface area contributed by atoms with Crippen molar-refractivity contribution in [2.75, 3.05) is 0 Å². The van der Waals surface area contributed by atoms with E-state index in [1.807, 2.05) is 13.0 Å². The lowest BCUT2D eigenvalue weighted by atomic mass is 10.0. The molecule has 0 bridgehead atoms. The van der Waals surface area contributed by atoms with Crippen molar-refractivity contribution in [2.45, 2.75) is 33.6 Å². The molecule has 0 unspecified atom stereocenters. The number of ketones is 1. The molecule has 0 radical (unpaired) electrons. The van der Waals surface area contributed by atoms with E-state index in [9.17, 15) is 4.79 Å². The summed E-state index contributed by atoms with van der Waals surface area (Å²) < 4.78 is 0. The highest BCUT2D eigenvalue weighted by atomic mass is 16.1. The van der Waals surface area contributed by atoms with Crippen LogP contribution in [0.15, 0.2) is 24.3 Å². The van der Waals surface area contributed by atoms with Crippen LogP contribution in [0.4, 0.5) is 0 Å². The second-order valence-corrected chi connectivity index (χ2v) is 3.56. The van der Waals surface area contributed by atoms with Gasteiger partial charge in [0.15, 0.2) is 0 Å². The normalized spacial score (nSPS) is 11.8. The molecule has 0 saturated heterocycles. The summed E-state index contributed by atoms with van der Waals surface area (Å²) in [5.41, 5.74) is 1.09. The Morgan fingerprint density at radius 1 is 1.50 bits per heavy atom. The Labute approximate surface area is 75.2 Å². The van der Waals surface area contributed by atoms with Crippen molar-refractivity contribution in [1.29, 1.82) is 0 Å². The molecule has 1 nitrogen and oxygen atoms in total. The Morgan fingerprint density at radius 2 is 2.08 bits per heavy atom. The van der Waals surface area contributed by atoms with Crippen LogP contribution in [0.1, 0.15) is 33.6 Å². The van der Waals surface area contributed by atoms with E-state index in [0.717, 1.165) is 5.57 Å². The molecule has 0 amide bonds. The Bertz CT molecular complexity index is 187. The second kappa shape index (κ2) is 5.76. The fraction of sp³-hybridized carbons (Fsp3) is 0.545. The maximum Gasteiger partial charge on any atom is 0.137 e. The van der Waals surface area contributed by atoms with E-state index in [1.165, 1.54) is 0 Å². The molecule has 0 aromatic carbocycles. The first-order valence-corrected chi connectivity index (χ1v) is 4.36. The third kappa shape index (κ3) is 5.90. The van der Waals surface area contributed by atoms with Gasteiger partial charge >= 0.3 is 0 Å². The summed E-state index contributed by atoms with van der Waals surface area (Å²) in [5.74, 6) is 0.787. The van der Waals surface area contributed by atoms with Crippen LogP contribution in [-0.4, -0.2) is 5.78 Å². The second-order valence-electron chi connectivity index (χ2n) is 3.56. The zero-order valence-electron chi connectivity index (χ0n) is 8.26. The van der Waals surface area contributed by atoms with E-state index in [4.69, 9.17) is 0 Å². The third-order valence-electron chi connectivity index (χ3n) is 1.51. The van der Waals surface area contributed by atoms with E-state index in [2.05, 4.69) is 20.4 Å². The number of carbonyl (C=O) groups is 1. The first kappa shape index (κ1) is 11.2. The molecule has 0 rings (SSSR count). The number of hydrogen-bond donors (Lipinski definition) is 0. The molecule has 0 aliphatic carbocycles. The van der Waals surface area contributed by atoms with Crippen LogP contribution >= 0.6 is 0 Å². The fourth-order valence-electron chi connectivity index (χ4n) is 1.10. The summed E-state index contributed by atoms with van der Waals surface area (Å²) in [7, 11) is 0. The highest BCUT2D eigenvalue weighted by molar-refractivity contribution is 5.80. The molecule has 12 heavy (non-hydrogen) atoms. The Kier molecular flexibility index (Phi) is 5.35. The molecule has 68 valence electrons.